The lowest BCUT2D eigenvalue weighted by molar-refractivity contribution is -0.116. The molecule has 1 aromatic heterocycles. The zero-order valence-corrected chi connectivity index (χ0v) is 13.3. The van der Waals surface area contributed by atoms with Crippen molar-refractivity contribution in [1.29, 1.82) is 0 Å². The fourth-order valence-corrected chi connectivity index (χ4v) is 2.71. The molecule has 2 N–H and O–H groups in total. The Morgan fingerprint density at radius 2 is 2.19 bits per heavy atom. The Labute approximate surface area is 136 Å². The summed E-state index contributed by atoms with van der Waals surface area (Å²) >= 11 is 13.4. The molecule has 0 aliphatic heterocycles. The molecule has 6 heteroatoms. The number of benzene rings is 1. The largest absolute Gasteiger partial charge is 0.387 e. The summed E-state index contributed by atoms with van der Waals surface area (Å²) in [5.41, 5.74) is 1.46. The van der Waals surface area contributed by atoms with Crippen LogP contribution in [0.15, 0.2) is 41.1 Å². The first-order valence-electron chi connectivity index (χ1n) is 6.17. The molecule has 0 spiro atoms. The number of hydrogen-bond donors (Lipinski definition) is 2. The third-order valence-electron chi connectivity index (χ3n) is 2.77. The molecule has 0 radical (unpaired) electrons. The molecule has 21 heavy (non-hydrogen) atoms. The van der Waals surface area contributed by atoms with E-state index in [0.29, 0.717) is 15.6 Å². The number of carbonyl (C=O) groups excluding carboxylic acids is 1. The van der Waals surface area contributed by atoms with E-state index in [1.807, 2.05) is 16.8 Å². The van der Waals surface area contributed by atoms with Crippen LogP contribution >= 0.6 is 34.5 Å². The van der Waals surface area contributed by atoms with Crippen molar-refractivity contribution >= 4 is 46.5 Å². The van der Waals surface area contributed by atoms with Crippen molar-refractivity contribution in [2.45, 2.75) is 6.10 Å². The van der Waals surface area contributed by atoms with Gasteiger partial charge in [0.1, 0.15) is 0 Å². The van der Waals surface area contributed by atoms with Crippen LogP contribution in [0.3, 0.4) is 0 Å². The van der Waals surface area contributed by atoms with Crippen LogP contribution in [0.5, 0.6) is 0 Å². The molecule has 1 amide bonds. The first-order valence-corrected chi connectivity index (χ1v) is 7.87. The zero-order valence-electron chi connectivity index (χ0n) is 10.9. The van der Waals surface area contributed by atoms with Crippen LogP contribution in [-0.4, -0.2) is 17.6 Å². The summed E-state index contributed by atoms with van der Waals surface area (Å²) in [6, 6.07) is 6.84. The van der Waals surface area contributed by atoms with E-state index in [2.05, 4.69) is 5.32 Å². The van der Waals surface area contributed by atoms with Gasteiger partial charge in [-0.1, -0.05) is 23.2 Å². The molecule has 0 bridgehead atoms. The average molecular weight is 342 g/mol. The molecular formula is C15H13Cl2NO2S. The molecule has 3 nitrogen and oxygen atoms in total. The van der Waals surface area contributed by atoms with E-state index >= 15 is 0 Å². The topological polar surface area (TPSA) is 49.3 Å². The Bertz CT molecular complexity index is 641. The molecule has 1 unspecified atom stereocenters. The number of thiophene rings is 1. The van der Waals surface area contributed by atoms with E-state index in [4.69, 9.17) is 23.2 Å². The molecule has 0 fully saturated rings. The van der Waals surface area contributed by atoms with Gasteiger partial charge in [0.05, 0.1) is 6.10 Å². The number of amides is 1. The van der Waals surface area contributed by atoms with Gasteiger partial charge in [0.15, 0.2) is 0 Å². The molecule has 0 aliphatic carbocycles. The van der Waals surface area contributed by atoms with Crippen molar-refractivity contribution < 1.29 is 9.90 Å². The Morgan fingerprint density at radius 1 is 1.38 bits per heavy atom. The Kier molecular flexibility index (Phi) is 5.82. The summed E-state index contributed by atoms with van der Waals surface area (Å²) < 4.78 is 0. The third kappa shape index (κ3) is 4.86. The van der Waals surface area contributed by atoms with Crippen molar-refractivity contribution in [1.82, 2.24) is 5.32 Å². The fourth-order valence-electron chi connectivity index (χ4n) is 1.65. The van der Waals surface area contributed by atoms with Crippen molar-refractivity contribution in [3.63, 3.8) is 0 Å². The molecule has 1 heterocycles. The molecule has 110 valence electrons. The normalized spacial score (nSPS) is 12.5. The number of aliphatic hydroxyl groups excluding tert-OH is 1. The summed E-state index contributed by atoms with van der Waals surface area (Å²) in [6.07, 6.45) is 2.24. The first-order chi connectivity index (χ1) is 10.1. The summed E-state index contributed by atoms with van der Waals surface area (Å²) in [6.45, 7) is 0.156. The molecular weight excluding hydrogens is 329 g/mol. The lowest BCUT2D eigenvalue weighted by Gasteiger charge is -2.08. The Balaban J connectivity index is 1.89. The fraction of sp³-hybridized carbons (Fsp3) is 0.133. The minimum atomic E-state index is -0.705. The molecule has 2 aromatic rings. The van der Waals surface area contributed by atoms with Crippen molar-refractivity contribution in [2.24, 2.45) is 0 Å². The van der Waals surface area contributed by atoms with Crippen LogP contribution in [-0.2, 0) is 4.79 Å². The van der Waals surface area contributed by atoms with E-state index in [0.717, 1.165) is 5.56 Å². The van der Waals surface area contributed by atoms with Crippen molar-refractivity contribution in [3.05, 3.63) is 62.3 Å². The monoisotopic (exact) mass is 341 g/mol. The van der Waals surface area contributed by atoms with Gasteiger partial charge < -0.3 is 10.4 Å². The molecule has 0 aliphatic rings. The maximum atomic E-state index is 11.7. The van der Waals surface area contributed by atoms with Crippen molar-refractivity contribution in [3.8, 4) is 0 Å². The number of carbonyl (C=O) groups is 1. The van der Waals surface area contributed by atoms with Crippen LogP contribution in [0.2, 0.25) is 10.0 Å². The van der Waals surface area contributed by atoms with E-state index < -0.39 is 6.10 Å². The predicted octanol–water partition coefficient (Wildman–Crippen LogP) is 3.92. The number of halogens is 2. The highest BCUT2D eigenvalue weighted by atomic mass is 35.5. The maximum absolute atomic E-state index is 11.7. The van der Waals surface area contributed by atoms with Gasteiger partial charge in [-0.05, 0) is 52.2 Å². The minimum Gasteiger partial charge on any atom is -0.387 e. The molecule has 0 saturated heterocycles. The van der Waals surface area contributed by atoms with E-state index in [1.165, 1.54) is 17.4 Å². The summed E-state index contributed by atoms with van der Waals surface area (Å²) in [5.74, 6) is -0.305. The van der Waals surface area contributed by atoms with E-state index in [9.17, 15) is 9.90 Å². The van der Waals surface area contributed by atoms with Gasteiger partial charge in [-0.2, -0.15) is 11.3 Å². The molecule has 0 saturated carbocycles. The van der Waals surface area contributed by atoms with E-state index in [-0.39, 0.29) is 12.5 Å². The maximum Gasteiger partial charge on any atom is 0.244 e. The smallest absolute Gasteiger partial charge is 0.244 e. The SMILES string of the molecule is O=C(/C=C/c1cc(Cl)ccc1Cl)NCC(O)c1ccsc1. The van der Waals surface area contributed by atoms with Gasteiger partial charge in [0, 0.05) is 22.7 Å². The van der Waals surface area contributed by atoms with Gasteiger partial charge in [0.25, 0.3) is 0 Å². The number of aliphatic hydroxyl groups is 1. The van der Waals surface area contributed by atoms with E-state index in [1.54, 1.807) is 24.3 Å². The average Bonchev–Trinajstić information content (AvgIpc) is 3.00. The summed E-state index contributed by atoms with van der Waals surface area (Å²) in [5, 5.41) is 17.3. The summed E-state index contributed by atoms with van der Waals surface area (Å²) in [4.78, 5) is 11.7. The van der Waals surface area contributed by atoms with Crippen molar-refractivity contribution in [2.75, 3.05) is 6.54 Å². The predicted molar refractivity (Wildman–Crippen MR) is 87.8 cm³/mol. The van der Waals surface area contributed by atoms with Gasteiger partial charge in [-0.15, -0.1) is 0 Å². The van der Waals surface area contributed by atoms with Crippen LogP contribution < -0.4 is 5.32 Å². The Hall–Kier alpha value is -1.33. The second-order valence-corrected chi connectivity index (χ2v) is 5.94. The lowest BCUT2D eigenvalue weighted by atomic mass is 10.2. The van der Waals surface area contributed by atoms with Crippen LogP contribution in [0.25, 0.3) is 6.08 Å². The number of nitrogens with one attached hydrogen (secondary N) is 1. The number of hydrogen-bond acceptors (Lipinski definition) is 3. The number of rotatable bonds is 5. The molecule has 1 atom stereocenters. The van der Waals surface area contributed by atoms with Crippen LogP contribution in [0.1, 0.15) is 17.2 Å². The van der Waals surface area contributed by atoms with Gasteiger partial charge in [-0.25, -0.2) is 0 Å². The van der Waals surface area contributed by atoms with Gasteiger partial charge in [-0.3, -0.25) is 4.79 Å². The van der Waals surface area contributed by atoms with Crippen LogP contribution in [0, 0.1) is 0 Å². The first kappa shape index (κ1) is 16.0. The Morgan fingerprint density at radius 3 is 2.90 bits per heavy atom. The highest BCUT2D eigenvalue weighted by molar-refractivity contribution is 7.07. The summed E-state index contributed by atoms with van der Waals surface area (Å²) in [7, 11) is 0. The standard InChI is InChI=1S/C15H13Cl2NO2S/c16-12-2-3-13(17)10(7-12)1-4-15(20)18-8-14(19)11-5-6-21-9-11/h1-7,9,14,19H,8H2,(H,18,20)/b4-1+. The van der Waals surface area contributed by atoms with Gasteiger partial charge in [0.2, 0.25) is 5.91 Å². The minimum absolute atomic E-state index is 0.156. The zero-order chi connectivity index (χ0) is 15.2. The molecule has 2 rings (SSSR count). The highest BCUT2D eigenvalue weighted by Crippen LogP contribution is 2.21. The second kappa shape index (κ2) is 7.61. The quantitative estimate of drug-likeness (QED) is 0.809. The lowest BCUT2D eigenvalue weighted by Crippen LogP contribution is -2.26. The van der Waals surface area contributed by atoms with Gasteiger partial charge >= 0.3 is 0 Å². The molecule has 1 aromatic carbocycles. The van der Waals surface area contributed by atoms with Crippen LogP contribution in [0.4, 0.5) is 0 Å². The third-order valence-corrected chi connectivity index (χ3v) is 4.05. The highest BCUT2D eigenvalue weighted by Gasteiger charge is 2.08. The second-order valence-electron chi connectivity index (χ2n) is 4.32.